The summed E-state index contributed by atoms with van der Waals surface area (Å²) >= 11 is 0. The van der Waals surface area contributed by atoms with Gasteiger partial charge in [-0.1, -0.05) is 0 Å². The first kappa shape index (κ1) is 15.6. The topological polar surface area (TPSA) is 75.6 Å². The van der Waals surface area contributed by atoms with Gasteiger partial charge in [-0.15, -0.1) is 0 Å². The lowest BCUT2D eigenvalue weighted by Crippen LogP contribution is -2.37. The minimum Gasteiger partial charge on any atom is -0.449 e. The molecule has 0 atom stereocenters. The third-order valence-electron chi connectivity index (χ3n) is 4.37. The fraction of sp³-hybridized carbons (Fsp3) is 0.333. The molecule has 0 unspecified atom stereocenters. The van der Waals surface area contributed by atoms with Crippen molar-refractivity contribution >= 4 is 29.3 Å². The molecule has 4 rings (SSSR count). The van der Waals surface area contributed by atoms with Crippen LogP contribution in [0.2, 0.25) is 0 Å². The zero-order valence-corrected chi connectivity index (χ0v) is 14.1. The van der Waals surface area contributed by atoms with Crippen LogP contribution >= 0.6 is 0 Å². The lowest BCUT2D eigenvalue weighted by molar-refractivity contribution is 0.0969. The van der Waals surface area contributed by atoms with Gasteiger partial charge < -0.3 is 9.64 Å². The van der Waals surface area contributed by atoms with Crippen LogP contribution in [0.5, 0.6) is 0 Å². The van der Waals surface area contributed by atoms with Gasteiger partial charge >= 0.3 is 6.09 Å². The summed E-state index contributed by atoms with van der Waals surface area (Å²) in [5.41, 5.74) is 1.63. The van der Waals surface area contributed by atoms with Crippen LogP contribution in [0, 0.1) is 6.92 Å². The van der Waals surface area contributed by atoms with E-state index in [1.54, 1.807) is 37.5 Å². The third kappa shape index (κ3) is 2.43. The second-order valence-electron chi connectivity index (χ2n) is 6.12. The number of anilines is 3. The maximum atomic E-state index is 13.2. The number of carbonyl (C=O) groups excluding carboxylic acids is 2. The average molecular weight is 338 g/mol. The molecule has 2 aliphatic rings. The standard InChI is InChI=1S/C18H18N4O3/c1-3-25-18(24)22-14-11(2)8-10-20-16(14)21(12-6-7-12)15-13(17(22)23)5-4-9-19-15/h4-5,8-10,12H,3,6-7H2,1-2H3. The summed E-state index contributed by atoms with van der Waals surface area (Å²) in [6, 6.07) is 5.40. The molecule has 1 aliphatic carbocycles. The molecule has 2 aromatic heterocycles. The molecule has 1 aliphatic heterocycles. The summed E-state index contributed by atoms with van der Waals surface area (Å²) in [6.45, 7) is 3.75. The third-order valence-corrected chi connectivity index (χ3v) is 4.37. The lowest BCUT2D eigenvalue weighted by Gasteiger charge is -2.25. The summed E-state index contributed by atoms with van der Waals surface area (Å²) in [6.07, 6.45) is 4.64. The van der Waals surface area contributed by atoms with Crippen LogP contribution in [0.4, 0.5) is 22.1 Å². The van der Waals surface area contributed by atoms with Crippen LogP contribution < -0.4 is 9.80 Å². The van der Waals surface area contributed by atoms with Gasteiger partial charge in [0.25, 0.3) is 5.91 Å². The van der Waals surface area contributed by atoms with Gasteiger partial charge in [-0.2, -0.15) is 0 Å². The Morgan fingerprint density at radius 1 is 1.24 bits per heavy atom. The molecular formula is C18H18N4O3. The molecule has 2 aromatic rings. The van der Waals surface area contributed by atoms with E-state index >= 15 is 0 Å². The Labute approximate surface area is 145 Å². The largest absolute Gasteiger partial charge is 0.449 e. The number of ether oxygens (including phenoxy) is 1. The van der Waals surface area contributed by atoms with E-state index in [9.17, 15) is 9.59 Å². The zero-order chi connectivity index (χ0) is 17.6. The van der Waals surface area contributed by atoms with Crippen molar-refractivity contribution in [1.29, 1.82) is 0 Å². The van der Waals surface area contributed by atoms with Gasteiger partial charge in [-0.05, 0) is 50.5 Å². The first-order chi connectivity index (χ1) is 12.1. The van der Waals surface area contributed by atoms with E-state index in [1.807, 2.05) is 11.8 Å². The molecule has 0 aromatic carbocycles. The number of aryl methyl sites for hydroxylation is 1. The van der Waals surface area contributed by atoms with Crippen LogP contribution in [0.3, 0.4) is 0 Å². The monoisotopic (exact) mass is 338 g/mol. The number of hydrogen-bond acceptors (Lipinski definition) is 6. The van der Waals surface area contributed by atoms with Crippen molar-refractivity contribution in [3.05, 3.63) is 41.7 Å². The molecule has 7 nitrogen and oxygen atoms in total. The highest BCUT2D eigenvalue weighted by molar-refractivity contribution is 6.24. The van der Waals surface area contributed by atoms with Crippen molar-refractivity contribution in [1.82, 2.24) is 9.97 Å². The van der Waals surface area contributed by atoms with Gasteiger partial charge in [0.15, 0.2) is 5.82 Å². The molecular weight excluding hydrogens is 320 g/mol. The van der Waals surface area contributed by atoms with Crippen molar-refractivity contribution in [3.8, 4) is 0 Å². The van der Waals surface area contributed by atoms with Crippen molar-refractivity contribution in [2.45, 2.75) is 32.7 Å². The van der Waals surface area contributed by atoms with Gasteiger partial charge in [0.2, 0.25) is 0 Å². The fourth-order valence-electron chi connectivity index (χ4n) is 3.11. The lowest BCUT2D eigenvalue weighted by atomic mass is 10.2. The van der Waals surface area contributed by atoms with E-state index in [0.29, 0.717) is 22.9 Å². The first-order valence-electron chi connectivity index (χ1n) is 8.34. The van der Waals surface area contributed by atoms with Crippen molar-refractivity contribution < 1.29 is 14.3 Å². The summed E-state index contributed by atoms with van der Waals surface area (Å²) in [7, 11) is 0. The normalized spacial score (nSPS) is 16.2. The van der Waals surface area contributed by atoms with E-state index in [1.165, 1.54) is 0 Å². The van der Waals surface area contributed by atoms with E-state index < -0.39 is 12.0 Å². The highest BCUT2D eigenvalue weighted by Crippen LogP contribution is 2.45. The molecule has 3 heterocycles. The molecule has 0 spiro atoms. The minimum atomic E-state index is -0.697. The highest BCUT2D eigenvalue weighted by Gasteiger charge is 2.42. The van der Waals surface area contributed by atoms with E-state index in [-0.39, 0.29) is 12.6 Å². The Morgan fingerprint density at radius 2 is 2.00 bits per heavy atom. The van der Waals surface area contributed by atoms with Crippen LogP contribution in [0.1, 0.15) is 35.7 Å². The van der Waals surface area contributed by atoms with Crippen LogP contribution in [0.25, 0.3) is 0 Å². The molecule has 0 saturated heterocycles. The zero-order valence-electron chi connectivity index (χ0n) is 14.1. The molecule has 0 N–H and O–H groups in total. The maximum absolute atomic E-state index is 13.2. The van der Waals surface area contributed by atoms with Crippen LogP contribution in [-0.2, 0) is 4.74 Å². The van der Waals surface area contributed by atoms with Crippen LogP contribution in [-0.4, -0.2) is 34.6 Å². The smallest absolute Gasteiger partial charge is 0.421 e. The molecule has 2 amide bonds. The van der Waals surface area contributed by atoms with Gasteiger partial charge in [0, 0.05) is 18.4 Å². The molecule has 1 saturated carbocycles. The maximum Gasteiger partial charge on any atom is 0.421 e. The van der Waals surface area contributed by atoms with Crippen molar-refractivity contribution in [3.63, 3.8) is 0 Å². The number of amides is 2. The van der Waals surface area contributed by atoms with Crippen LogP contribution in [0.15, 0.2) is 30.6 Å². The summed E-state index contributed by atoms with van der Waals surface area (Å²) in [5.74, 6) is 0.671. The second kappa shape index (κ2) is 5.84. The number of imide groups is 1. The fourth-order valence-corrected chi connectivity index (χ4v) is 3.11. The highest BCUT2D eigenvalue weighted by atomic mass is 16.6. The summed E-state index contributed by atoms with van der Waals surface area (Å²) < 4.78 is 5.15. The molecule has 0 bridgehead atoms. The van der Waals surface area contributed by atoms with Gasteiger partial charge in [0.05, 0.1) is 12.2 Å². The molecule has 25 heavy (non-hydrogen) atoms. The van der Waals surface area contributed by atoms with Gasteiger partial charge in [-0.25, -0.2) is 19.7 Å². The van der Waals surface area contributed by atoms with Gasteiger partial charge in [-0.3, -0.25) is 4.79 Å². The van der Waals surface area contributed by atoms with E-state index in [4.69, 9.17) is 4.74 Å². The first-order valence-corrected chi connectivity index (χ1v) is 8.34. The number of pyridine rings is 2. The number of nitrogens with zero attached hydrogens (tertiary/aromatic N) is 4. The molecule has 7 heteroatoms. The number of aromatic nitrogens is 2. The number of rotatable bonds is 2. The molecule has 0 radical (unpaired) electrons. The number of fused-ring (bicyclic) bond motifs is 2. The predicted octanol–water partition coefficient (Wildman–Crippen LogP) is 3.20. The summed E-state index contributed by atoms with van der Waals surface area (Å²) in [5, 5.41) is 0. The Balaban J connectivity index is 2.00. The van der Waals surface area contributed by atoms with Gasteiger partial charge in [0.1, 0.15) is 11.5 Å². The second-order valence-corrected chi connectivity index (χ2v) is 6.12. The Bertz CT molecular complexity index is 863. The Morgan fingerprint density at radius 3 is 2.72 bits per heavy atom. The summed E-state index contributed by atoms with van der Waals surface area (Å²) in [4.78, 5) is 37.8. The average Bonchev–Trinajstić information content (AvgIpc) is 3.43. The number of hydrogen-bond donors (Lipinski definition) is 0. The number of carbonyl (C=O) groups is 2. The predicted molar refractivity (Wildman–Crippen MR) is 92.2 cm³/mol. The SMILES string of the molecule is CCOC(=O)N1C(=O)c2cccnc2N(C2CC2)c2nccc(C)c21. The van der Waals surface area contributed by atoms with Crippen molar-refractivity contribution in [2.75, 3.05) is 16.4 Å². The Kier molecular flexibility index (Phi) is 3.63. The van der Waals surface area contributed by atoms with E-state index in [0.717, 1.165) is 23.3 Å². The van der Waals surface area contributed by atoms with Crippen molar-refractivity contribution in [2.24, 2.45) is 0 Å². The molecule has 128 valence electrons. The quantitative estimate of drug-likeness (QED) is 0.837. The Hall–Kier alpha value is -2.96. The van der Waals surface area contributed by atoms with E-state index in [2.05, 4.69) is 9.97 Å². The minimum absolute atomic E-state index is 0.184. The molecule has 1 fully saturated rings.